The largest absolute Gasteiger partial charge is 0.394 e. The van der Waals surface area contributed by atoms with E-state index in [0.717, 1.165) is 12.8 Å². The van der Waals surface area contributed by atoms with Crippen LogP contribution in [-0.4, -0.2) is 41.8 Å². The van der Waals surface area contributed by atoms with Crippen LogP contribution >= 0.6 is 0 Å². The first-order chi connectivity index (χ1) is 5.76. The topological polar surface area (TPSA) is 61.7 Å². The summed E-state index contributed by atoms with van der Waals surface area (Å²) in [5.74, 6) is 0. The fourth-order valence-electron chi connectivity index (χ4n) is 1.34. The fourth-order valence-corrected chi connectivity index (χ4v) is 1.34. The molecule has 0 aliphatic carbocycles. The first-order valence-electron chi connectivity index (χ1n) is 4.37. The van der Waals surface area contributed by atoms with E-state index in [2.05, 4.69) is 12.2 Å². The molecule has 1 fully saturated rings. The summed E-state index contributed by atoms with van der Waals surface area (Å²) in [7, 11) is 0. The van der Waals surface area contributed by atoms with E-state index >= 15 is 0 Å². The Morgan fingerprint density at radius 3 is 2.58 bits per heavy atom. The first kappa shape index (κ1) is 9.92. The molecule has 0 bridgehead atoms. The van der Waals surface area contributed by atoms with E-state index in [-0.39, 0.29) is 19.4 Å². The first-order valence-corrected chi connectivity index (χ1v) is 4.37. The van der Waals surface area contributed by atoms with Gasteiger partial charge < -0.3 is 14.9 Å². The number of hydrogen-bond acceptors (Lipinski definition) is 4. The zero-order valence-electron chi connectivity index (χ0n) is 7.42. The van der Waals surface area contributed by atoms with Crippen molar-refractivity contribution in [3.63, 3.8) is 0 Å². The van der Waals surface area contributed by atoms with Gasteiger partial charge in [-0.1, -0.05) is 13.3 Å². The van der Waals surface area contributed by atoms with Crippen LogP contribution < -0.4 is 5.32 Å². The third kappa shape index (κ3) is 1.95. The molecule has 4 nitrogen and oxygen atoms in total. The predicted molar refractivity (Wildman–Crippen MR) is 44.7 cm³/mol. The highest BCUT2D eigenvalue weighted by Crippen LogP contribution is 2.17. The molecule has 12 heavy (non-hydrogen) atoms. The summed E-state index contributed by atoms with van der Waals surface area (Å²) in [6.07, 6.45) is 1.95. The van der Waals surface area contributed by atoms with Crippen molar-refractivity contribution in [2.24, 2.45) is 0 Å². The van der Waals surface area contributed by atoms with Gasteiger partial charge in [-0.2, -0.15) is 0 Å². The summed E-state index contributed by atoms with van der Waals surface area (Å²) in [6, 6.07) is 0. The fraction of sp³-hybridized carbons (Fsp3) is 1.00. The molecular formula is C8H17NO3. The molecule has 1 aliphatic rings. The van der Waals surface area contributed by atoms with Crippen molar-refractivity contribution >= 4 is 0 Å². The molecule has 0 aromatic heterocycles. The van der Waals surface area contributed by atoms with E-state index in [1.54, 1.807) is 0 Å². The van der Waals surface area contributed by atoms with Gasteiger partial charge in [0.15, 0.2) is 0 Å². The van der Waals surface area contributed by atoms with Crippen LogP contribution in [0.3, 0.4) is 0 Å². The molecule has 4 heteroatoms. The lowest BCUT2D eigenvalue weighted by Gasteiger charge is -2.22. The minimum absolute atomic E-state index is 0.00528. The molecule has 1 atom stereocenters. The van der Waals surface area contributed by atoms with Gasteiger partial charge in [0.2, 0.25) is 0 Å². The van der Waals surface area contributed by atoms with E-state index in [4.69, 9.17) is 14.9 Å². The minimum Gasteiger partial charge on any atom is -0.394 e. The van der Waals surface area contributed by atoms with Crippen molar-refractivity contribution in [1.29, 1.82) is 0 Å². The van der Waals surface area contributed by atoms with Gasteiger partial charge in [0.1, 0.15) is 6.23 Å². The SMILES string of the molecule is CCCC1NC(CO)(CO)CO1. The summed E-state index contributed by atoms with van der Waals surface area (Å²) >= 11 is 0. The normalized spacial score (nSPS) is 27.8. The van der Waals surface area contributed by atoms with Gasteiger partial charge in [-0.15, -0.1) is 0 Å². The van der Waals surface area contributed by atoms with Crippen LogP contribution in [0.25, 0.3) is 0 Å². The second-order valence-corrected chi connectivity index (χ2v) is 3.33. The van der Waals surface area contributed by atoms with Crippen LogP contribution in [0.5, 0.6) is 0 Å². The Labute approximate surface area is 72.5 Å². The second kappa shape index (κ2) is 4.18. The molecule has 0 aromatic carbocycles. The predicted octanol–water partition coefficient (Wildman–Crippen LogP) is -0.544. The van der Waals surface area contributed by atoms with Crippen LogP contribution in [0, 0.1) is 0 Å². The maximum atomic E-state index is 9.00. The third-order valence-corrected chi connectivity index (χ3v) is 2.18. The molecule has 0 spiro atoms. The molecule has 1 unspecified atom stereocenters. The van der Waals surface area contributed by atoms with Gasteiger partial charge in [-0.05, 0) is 6.42 Å². The Balaban J connectivity index is 2.41. The summed E-state index contributed by atoms with van der Waals surface area (Å²) in [4.78, 5) is 0. The Morgan fingerprint density at radius 1 is 1.50 bits per heavy atom. The van der Waals surface area contributed by atoms with Crippen LogP contribution in [-0.2, 0) is 4.74 Å². The lowest BCUT2D eigenvalue weighted by Crippen LogP contribution is -2.51. The molecule has 0 amide bonds. The molecule has 0 saturated carbocycles. The quantitative estimate of drug-likeness (QED) is 0.537. The highest BCUT2D eigenvalue weighted by Gasteiger charge is 2.37. The van der Waals surface area contributed by atoms with Crippen LogP contribution in [0.4, 0.5) is 0 Å². The van der Waals surface area contributed by atoms with E-state index in [0.29, 0.717) is 6.61 Å². The Kier molecular flexibility index (Phi) is 3.46. The number of aliphatic hydroxyl groups excluding tert-OH is 2. The minimum atomic E-state index is -0.611. The van der Waals surface area contributed by atoms with Gasteiger partial charge in [-0.25, -0.2) is 0 Å². The molecule has 3 N–H and O–H groups in total. The van der Waals surface area contributed by atoms with E-state index in [1.807, 2.05) is 0 Å². The van der Waals surface area contributed by atoms with Crippen molar-refractivity contribution < 1.29 is 14.9 Å². The van der Waals surface area contributed by atoms with E-state index < -0.39 is 5.54 Å². The Hall–Kier alpha value is -0.160. The van der Waals surface area contributed by atoms with Crippen molar-refractivity contribution in [3.8, 4) is 0 Å². The molecule has 1 rings (SSSR count). The van der Waals surface area contributed by atoms with Gasteiger partial charge in [0, 0.05) is 0 Å². The van der Waals surface area contributed by atoms with Gasteiger partial charge >= 0.3 is 0 Å². The maximum absolute atomic E-state index is 9.00. The summed E-state index contributed by atoms with van der Waals surface area (Å²) in [6.45, 7) is 2.31. The van der Waals surface area contributed by atoms with Gasteiger partial charge in [0.05, 0.1) is 25.4 Å². The number of hydrogen-bond donors (Lipinski definition) is 3. The molecule has 1 heterocycles. The van der Waals surface area contributed by atoms with Crippen LogP contribution in [0.1, 0.15) is 19.8 Å². The zero-order chi connectivity index (χ0) is 9.03. The monoisotopic (exact) mass is 175 g/mol. The third-order valence-electron chi connectivity index (χ3n) is 2.18. The van der Waals surface area contributed by atoms with Crippen molar-refractivity contribution in [1.82, 2.24) is 5.32 Å². The van der Waals surface area contributed by atoms with Gasteiger partial charge in [0.25, 0.3) is 0 Å². The van der Waals surface area contributed by atoms with Crippen molar-refractivity contribution in [2.45, 2.75) is 31.5 Å². The smallest absolute Gasteiger partial charge is 0.108 e. The molecule has 0 radical (unpaired) electrons. The summed E-state index contributed by atoms with van der Waals surface area (Å²) < 4.78 is 5.36. The van der Waals surface area contributed by atoms with Crippen LogP contribution in [0.2, 0.25) is 0 Å². The molecule has 0 aromatic rings. The zero-order valence-corrected chi connectivity index (χ0v) is 7.42. The standard InChI is InChI=1S/C8H17NO3/c1-2-3-7-9-8(4-10,5-11)6-12-7/h7,9-11H,2-6H2,1H3. The lowest BCUT2D eigenvalue weighted by atomic mass is 10.1. The van der Waals surface area contributed by atoms with E-state index in [9.17, 15) is 0 Å². The Bertz CT molecular complexity index is 136. The number of rotatable bonds is 4. The van der Waals surface area contributed by atoms with Crippen LogP contribution in [0.15, 0.2) is 0 Å². The average molecular weight is 175 g/mol. The maximum Gasteiger partial charge on any atom is 0.108 e. The van der Waals surface area contributed by atoms with Crippen molar-refractivity contribution in [2.75, 3.05) is 19.8 Å². The molecule has 72 valence electrons. The Morgan fingerprint density at radius 2 is 2.17 bits per heavy atom. The molecule has 1 aliphatic heterocycles. The van der Waals surface area contributed by atoms with E-state index in [1.165, 1.54) is 0 Å². The summed E-state index contributed by atoms with van der Waals surface area (Å²) in [5.41, 5.74) is -0.611. The average Bonchev–Trinajstić information content (AvgIpc) is 2.50. The highest BCUT2D eigenvalue weighted by atomic mass is 16.5. The number of nitrogens with one attached hydrogen (secondary N) is 1. The lowest BCUT2D eigenvalue weighted by molar-refractivity contribution is 0.0732. The number of ether oxygens (including phenoxy) is 1. The second-order valence-electron chi connectivity index (χ2n) is 3.33. The highest BCUT2D eigenvalue weighted by molar-refractivity contribution is 4.92. The molecule has 1 saturated heterocycles. The molecular weight excluding hydrogens is 158 g/mol. The van der Waals surface area contributed by atoms with Gasteiger partial charge in [-0.3, -0.25) is 5.32 Å². The summed E-state index contributed by atoms with van der Waals surface area (Å²) in [5, 5.41) is 21.1. The number of aliphatic hydroxyl groups is 2. The van der Waals surface area contributed by atoms with Crippen molar-refractivity contribution in [3.05, 3.63) is 0 Å².